The number of aliphatic hydroxyl groups is 1. The Bertz CT molecular complexity index is 579. The average molecular weight is 308 g/mol. The molecule has 19 heavy (non-hydrogen) atoms. The molecule has 2 rings (SSSR count). The van der Waals surface area contributed by atoms with Crippen LogP contribution in [0.5, 0.6) is 0 Å². The van der Waals surface area contributed by atoms with Crippen molar-refractivity contribution < 1.29 is 17.9 Å². The van der Waals surface area contributed by atoms with E-state index in [1.807, 2.05) is 0 Å². The predicted molar refractivity (Wildman–Crippen MR) is 70.0 cm³/mol. The molecular formula is C12H15ClFNO3S. The first-order valence-electron chi connectivity index (χ1n) is 5.90. The van der Waals surface area contributed by atoms with E-state index in [4.69, 9.17) is 11.6 Å². The van der Waals surface area contributed by atoms with Crippen LogP contribution >= 0.6 is 11.6 Å². The quantitative estimate of drug-likeness (QED) is 0.909. The number of hydrogen-bond acceptors (Lipinski definition) is 3. The zero-order chi connectivity index (χ0) is 14.3. The van der Waals surface area contributed by atoms with Crippen molar-refractivity contribution in [1.29, 1.82) is 0 Å². The summed E-state index contributed by atoms with van der Waals surface area (Å²) < 4.78 is 39.1. The summed E-state index contributed by atoms with van der Waals surface area (Å²) >= 11 is 5.83. The molecule has 7 heteroatoms. The van der Waals surface area contributed by atoms with Crippen LogP contribution in [-0.2, 0) is 10.0 Å². The Hall–Kier alpha value is -0.690. The van der Waals surface area contributed by atoms with Crippen LogP contribution in [0.15, 0.2) is 23.1 Å². The molecule has 1 aliphatic rings. The molecule has 1 N–H and O–H groups in total. The van der Waals surface area contributed by atoms with Gasteiger partial charge in [0.05, 0.1) is 10.6 Å². The van der Waals surface area contributed by atoms with Crippen LogP contribution in [0.3, 0.4) is 0 Å². The standard InChI is InChI=1S/C12H15ClFNO3S/c1-12(16)4-6-15(7-5-12)19(17,18)11-8-9(14)2-3-10(11)13/h2-3,8,16H,4-7H2,1H3. The largest absolute Gasteiger partial charge is 0.390 e. The van der Waals surface area contributed by atoms with Gasteiger partial charge in [0.1, 0.15) is 10.7 Å². The SMILES string of the molecule is CC1(O)CCN(S(=O)(=O)c2cc(F)ccc2Cl)CC1. The van der Waals surface area contributed by atoms with Crippen LogP contribution in [0, 0.1) is 5.82 Å². The van der Waals surface area contributed by atoms with Gasteiger partial charge in [0.15, 0.2) is 0 Å². The van der Waals surface area contributed by atoms with E-state index in [2.05, 4.69) is 0 Å². The van der Waals surface area contributed by atoms with Crippen LogP contribution in [0.1, 0.15) is 19.8 Å². The average Bonchev–Trinajstić information content (AvgIpc) is 2.31. The highest BCUT2D eigenvalue weighted by Crippen LogP contribution is 2.29. The third-order valence-electron chi connectivity index (χ3n) is 3.31. The first-order valence-corrected chi connectivity index (χ1v) is 7.72. The second-order valence-electron chi connectivity index (χ2n) is 4.98. The molecule has 1 heterocycles. The van der Waals surface area contributed by atoms with Crippen molar-refractivity contribution in [3.8, 4) is 0 Å². The van der Waals surface area contributed by atoms with Crippen LogP contribution < -0.4 is 0 Å². The molecule has 1 saturated heterocycles. The molecule has 1 aromatic rings. The van der Waals surface area contributed by atoms with Crippen LogP contribution in [0.25, 0.3) is 0 Å². The molecule has 106 valence electrons. The van der Waals surface area contributed by atoms with Gasteiger partial charge in [-0.25, -0.2) is 12.8 Å². The minimum atomic E-state index is -3.82. The van der Waals surface area contributed by atoms with E-state index in [1.165, 1.54) is 10.4 Å². The summed E-state index contributed by atoms with van der Waals surface area (Å²) in [7, 11) is -3.82. The lowest BCUT2D eigenvalue weighted by Crippen LogP contribution is -2.45. The highest BCUT2D eigenvalue weighted by molar-refractivity contribution is 7.89. The van der Waals surface area contributed by atoms with Gasteiger partial charge in [-0.1, -0.05) is 11.6 Å². The predicted octanol–water partition coefficient (Wildman–Crippen LogP) is 2.01. The molecule has 0 saturated carbocycles. The molecule has 0 aromatic heterocycles. The summed E-state index contributed by atoms with van der Waals surface area (Å²) in [5, 5.41) is 9.82. The molecule has 1 aromatic carbocycles. The van der Waals surface area contributed by atoms with Crippen LogP contribution in [-0.4, -0.2) is 36.5 Å². The number of benzene rings is 1. The summed E-state index contributed by atoms with van der Waals surface area (Å²) in [4.78, 5) is -0.226. The Kier molecular flexibility index (Phi) is 3.88. The van der Waals surface area contributed by atoms with Crippen molar-refractivity contribution in [3.63, 3.8) is 0 Å². The topological polar surface area (TPSA) is 57.6 Å². The second-order valence-corrected chi connectivity index (χ2v) is 7.29. The Labute approximate surface area is 116 Å². The van der Waals surface area contributed by atoms with Crippen molar-refractivity contribution >= 4 is 21.6 Å². The van der Waals surface area contributed by atoms with Gasteiger partial charge in [-0.05, 0) is 38.0 Å². The summed E-state index contributed by atoms with van der Waals surface area (Å²) in [6, 6.07) is 3.26. The van der Waals surface area contributed by atoms with Gasteiger partial charge in [0, 0.05) is 13.1 Å². The summed E-state index contributed by atoms with van der Waals surface area (Å²) in [5.74, 6) is -0.646. The first kappa shape index (κ1) is 14.7. The van der Waals surface area contributed by atoms with Crippen molar-refractivity contribution in [2.45, 2.75) is 30.3 Å². The normalized spacial score (nSPS) is 20.4. The van der Waals surface area contributed by atoms with Gasteiger partial charge in [-0.3, -0.25) is 0 Å². The van der Waals surface area contributed by atoms with Crippen molar-refractivity contribution in [3.05, 3.63) is 29.0 Å². The van der Waals surface area contributed by atoms with E-state index < -0.39 is 21.4 Å². The van der Waals surface area contributed by atoms with Gasteiger partial charge in [0.25, 0.3) is 0 Å². The van der Waals surface area contributed by atoms with Crippen molar-refractivity contribution in [2.75, 3.05) is 13.1 Å². The van der Waals surface area contributed by atoms with Gasteiger partial charge < -0.3 is 5.11 Å². The van der Waals surface area contributed by atoms with Gasteiger partial charge in [-0.2, -0.15) is 4.31 Å². The Morgan fingerprint density at radius 3 is 2.53 bits per heavy atom. The fourth-order valence-electron chi connectivity index (χ4n) is 2.02. The number of piperidine rings is 1. The number of hydrogen-bond donors (Lipinski definition) is 1. The highest BCUT2D eigenvalue weighted by Gasteiger charge is 2.35. The maximum Gasteiger partial charge on any atom is 0.244 e. The minimum absolute atomic E-state index is 0.00117. The lowest BCUT2D eigenvalue weighted by Gasteiger charge is -2.35. The molecule has 0 radical (unpaired) electrons. The van der Waals surface area contributed by atoms with E-state index in [0.717, 1.165) is 12.1 Å². The minimum Gasteiger partial charge on any atom is -0.390 e. The molecule has 0 spiro atoms. The molecule has 4 nitrogen and oxygen atoms in total. The third kappa shape index (κ3) is 3.08. The van der Waals surface area contributed by atoms with Gasteiger partial charge >= 0.3 is 0 Å². The Morgan fingerprint density at radius 1 is 1.37 bits per heavy atom. The van der Waals surface area contributed by atoms with E-state index >= 15 is 0 Å². The van der Waals surface area contributed by atoms with Crippen LogP contribution in [0.4, 0.5) is 4.39 Å². The molecule has 0 atom stereocenters. The van der Waals surface area contributed by atoms with Gasteiger partial charge in [-0.15, -0.1) is 0 Å². The molecule has 0 amide bonds. The summed E-state index contributed by atoms with van der Waals surface area (Å²) in [6.07, 6.45) is 0.693. The molecule has 0 unspecified atom stereocenters. The maximum atomic E-state index is 13.2. The van der Waals surface area contributed by atoms with E-state index in [1.54, 1.807) is 6.92 Å². The number of halogens is 2. The van der Waals surface area contributed by atoms with Crippen molar-refractivity contribution in [1.82, 2.24) is 4.31 Å². The molecule has 1 aliphatic heterocycles. The first-order chi connectivity index (χ1) is 8.72. The Morgan fingerprint density at radius 2 is 1.95 bits per heavy atom. The zero-order valence-electron chi connectivity index (χ0n) is 10.4. The summed E-state index contributed by atoms with van der Waals surface area (Å²) in [6.45, 7) is 2.07. The highest BCUT2D eigenvalue weighted by atomic mass is 35.5. The van der Waals surface area contributed by atoms with E-state index in [9.17, 15) is 17.9 Å². The fourth-order valence-corrected chi connectivity index (χ4v) is 3.95. The smallest absolute Gasteiger partial charge is 0.244 e. The number of nitrogens with zero attached hydrogens (tertiary/aromatic N) is 1. The Balaban J connectivity index is 2.31. The number of rotatable bonds is 2. The number of sulfonamides is 1. The van der Waals surface area contributed by atoms with Gasteiger partial charge in [0.2, 0.25) is 10.0 Å². The lowest BCUT2D eigenvalue weighted by molar-refractivity contribution is 0.0126. The molecular weight excluding hydrogens is 293 g/mol. The van der Waals surface area contributed by atoms with Crippen LogP contribution in [0.2, 0.25) is 5.02 Å². The van der Waals surface area contributed by atoms with E-state index in [0.29, 0.717) is 12.8 Å². The van der Waals surface area contributed by atoms with E-state index in [-0.39, 0.29) is 23.0 Å². The molecule has 0 bridgehead atoms. The lowest BCUT2D eigenvalue weighted by atomic mass is 9.95. The fraction of sp³-hybridized carbons (Fsp3) is 0.500. The monoisotopic (exact) mass is 307 g/mol. The maximum absolute atomic E-state index is 13.2. The van der Waals surface area contributed by atoms with Crippen molar-refractivity contribution in [2.24, 2.45) is 0 Å². The third-order valence-corrected chi connectivity index (χ3v) is 5.69. The molecule has 0 aliphatic carbocycles. The zero-order valence-corrected chi connectivity index (χ0v) is 12.0. The summed E-state index contributed by atoms with van der Waals surface area (Å²) in [5.41, 5.74) is -0.849. The molecule has 1 fully saturated rings. The second kappa shape index (κ2) is 5.01.